The highest BCUT2D eigenvalue weighted by atomic mass is 35.5. The first-order valence-electron chi connectivity index (χ1n) is 10.5. The van der Waals surface area contributed by atoms with E-state index in [4.69, 9.17) is 26.1 Å². The van der Waals surface area contributed by atoms with Gasteiger partial charge in [-0.05, 0) is 19.1 Å². The summed E-state index contributed by atoms with van der Waals surface area (Å²) in [6.07, 6.45) is 0.659. The number of benzene rings is 1. The van der Waals surface area contributed by atoms with Crippen molar-refractivity contribution in [3.05, 3.63) is 62.5 Å². The highest BCUT2D eigenvalue weighted by Gasteiger charge is 2.36. The highest BCUT2D eigenvalue weighted by Crippen LogP contribution is 2.37. The molecule has 2 atom stereocenters. The number of hydrogen-bond donors (Lipinski definition) is 2. The van der Waals surface area contributed by atoms with Crippen molar-refractivity contribution in [1.29, 1.82) is 0 Å². The topological polar surface area (TPSA) is 113 Å². The molecule has 2 aliphatic rings. The monoisotopic (exact) mass is 508 g/mol. The second-order valence-electron chi connectivity index (χ2n) is 7.55. The summed E-state index contributed by atoms with van der Waals surface area (Å²) in [7, 11) is 0. The van der Waals surface area contributed by atoms with Crippen LogP contribution in [-0.4, -0.2) is 71.7 Å². The van der Waals surface area contributed by atoms with Gasteiger partial charge < -0.3 is 19.9 Å². The molecule has 0 aliphatic carbocycles. The molecule has 9 nitrogen and oxygen atoms in total. The lowest BCUT2D eigenvalue weighted by Crippen LogP contribution is -2.48. The lowest BCUT2D eigenvalue weighted by Gasteiger charge is -2.34. The summed E-state index contributed by atoms with van der Waals surface area (Å²) in [5.74, 6) is -1.74. The third kappa shape index (κ3) is 5.27. The fraction of sp³-hybridized carbons (Fsp3) is 0.364. The van der Waals surface area contributed by atoms with Gasteiger partial charge in [0.15, 0.2) is 16.9 Å². The number of nitrogens with zero attached hydrogens (tertiary/aromatic N) is 3. The molecule has 1 saturated heterocycles. The first kappa shape index (κ1) is 24.3. The summed E-state index contributed by atoms with van der Waals surface area (Å²) in [6.45, 7) is 2.89. The van der Waals surface area contributed by atoms with Crippen LogP contribution in [0.25, 0.3) is 0 Å². The van der Waals surface area contributed by atoms with Gasteiger partial charge in [-0.2, -0.15) is 0 Å². The standard InChI is InChI=1S/C22H22ClFN4O5S/c1-2-32-22(31)17-15(10-28-6-7-33-16(11-28)21(29)30)26-19(20-25-5-8-34-20)27-18(17)13-4-3-12(24)9-14(13)23/h3-5,8-9,16,18H,2,6-7,10-11H2,1H3,(H,26,27)(H,29,30). The van der Waals surface area contributed by atoms with Gasteiger partial charge in [0, 0.05) is 47.5 Å². The number of aromatic nitrogens is 1. The van der Waals surface area contributed by atoms with E-state index in [1.165, 1.54) is 29.5 Å². The maximum Gasteiger partial charge on any atom is 0.338 e. The molecule has 2 aromatic rings. The summed E-state index contributed by atoms with van der Waals surface area (Å²) in [4.78, 5) is 35.4. The molecule has 0 bridgehead atoms. The molecule has 0 saturated carbocycles. The van der Waals surface area contributed by atoms with Crippen molar-refractivity contribution >= 4 is 40.7 Å². The quantitative estimate of drug-likeness (QED) is 0.549. The number of carbonyl (C=O) groups excluding carboxylic acids is 1. The van der Waals surface area contributed by atoms with Crippen molar-refractivity contribution in [3.63, 3.8) is 0 Å². The van der Waals surface area contributed by atoms with Crippen molar-refractivity contribution in [2.75, 3.05) is 32.8 Å². The molecule has 1 aromatic carbocycles. The third-order valence-electron chi connectivity index (χ3n) is 5.32. The first-order valence-corrected chi connectivity index (χ1v) is 11.8. The Labute approximate surface area is 203 Å². The lowest BCUT2D eigenvalue weighted by atomic mass is 9.95. The van der Waals surface area contributed by atoms with Crippen LogP contribution >= 0.6 is 22.9 Å². The summed E-state index contributed by atoms with van der Waals surface area (Å²) in [6, 6.07) is 3.03. The number of aliphatic carboxylic acids is 1. The van der Waals surface area contributed by atoms with Crippen molar-refractivity contribution in [2.24, 2.45) is 4.99 Å². The molecule has 0 amide bonds. The fourth-order valence-electron chi connectivity index (χ4n) is 3.79. The van der Waals surface area contributed by atoms with E-state index in [1.54, 1.807) is 18.5 Å². The van der Waals surface area contributed by atoms with E-state index in [0.29, 0.717) is 28.6 Å². The lowest BCUT2D eigenvalue weighted by molar-refractivity contribution is -0.155. The van der Waals surface area contributed by atoms with Gasteiger partial charge in [0.2, 0.25) is 0 Å². The molecule has 1 fully saturated rings. The van der Waals surface area contributed by atoms with Gasteiger partial charge in [-0.15, -0.1) is 11.3 Å². The number of rotatable bonds is 7. The fourth-order valence-corrected chi connectivity index (χ4v) is 4.64. The van der Waals surface area contributed by atoms with E-state index in [9.17, 15) is 19.1 Å². The highest BCUT2D eigenvalue weighted by molar-refractivity contribution is 7.11. The van der Waals surface area contributed by atoms with Gasteiger partial charge in [-0.3, -0.25) is 9.89 Å². The average molecular weight is 509 g/mol. The Kier molecular flexibility index (Phi) is 7.57. The number of amidine groups is 1. The second-order valence-corrected chi connectivity index (χ2v) is 8.86. The van der Waals surface area contributed by atoms with Crippen LogP contribution in [0.5, 0.6) is 0 Å². The number of aliphatic imine (C=N–C) groups is 1. The molecule has 2 unspecified atom stereocenters. The summed E-state index contributed by atoms with van der Waals surface area (Å²) < 4.78 is 24.4. The second kappa shape index (κ2) is 10.6. The molecular formula is C22H22ClFN4O5S. The number of carboxylic acids is 1. The molecule has 2 N–H and O–H groups in total. The molecule has 1 aromatic heterocycles. The van der Waals surface area contributed by atoms with Crippen LogP contribution < -0.4 is 5.32 Å². The van der Waals surface area contributed by atoms with Crippen molar-refractivity contribution in [1.82, 2.24) is 15.2 Å². The van der Waals surface area contributed by atoms with E-state index >= 15 is 0 Å². The zero-order chi connectivity index (χ0) is 24.2. The van der Waals surface area contributed by atoms with Crippen LogP contribution in [0.3, 0.4) is 0 Å². The predicted molar refractivity (Wildman–Crippen MR) is 123 cm³/mol. The van der Waals surface area contributed by atoms with E-state index < -0.39 is 29.9 Å². The molecule has 34 heavy (non-hydrogen) atoms. The predicted octanol–water partition coefficient (Wildman–Crippen LogP) is 2.63. The molecular weight excluding hydrogens is 487 g/mol. The smallest absolute Gasteiger partial charge is 0.338 e. The Morgan fingerprint density at radius 3 is 2.94 bits per heavy atom. The molecule has 2 aliphatic heterocycles. The van der Waals surface area contributed by atoms with Gasteiger partial charge in [-0.1, -0.05) is 17.7 Å². The molecule has 12 heteroatoms. The number of thiazole rings is 1. The van der Waals surface area contributed by atoms with Crippen LogP contribution in [0.4, 0.5) is 4.39 Å². The first-order chi connectivity index (χ1) is 16.4. The largest absolute Gasteiger partial charge is 0.479 e. The zero-order valence-corrected chi connectivity index (χ0v) is 19.7. The number of morpholine rings is 1. The van der Waals surface area contributed by atoms with E-state index in [2.05, 4.69) is 10.3 Å². The van der Waals surface area contributed by atoms with Gasteiger partial charge in [0.05, 0.1) is 18.8 Å². The SMILES string of the molecule is CCOC(=O)C1=C(CN2CCOC(C(=O)O)C2)NC(c2nccs2)=NC1c1ccc(F)cc1Cl. The molecule has 3 heterocycles. The maximum atomic E-state index is 13.8. The molecule has 0 radical (unpaired) electrons. The van der Waals surface area contributed by atoms with E-state index in [0.717, 1.165) is 0 Å². The van der Waals surface area contributed by atoms with Crippen LogP contribution in [0.1, 0.15) is 23.5 Å². The van der Waals surface area contributed by atoms with E-state index in [1.807, 2.05) is 4.90 Å². The van der Waals surface area contributed by atoms with Gasteiger partial charge in [-0.25, -0.2) is 19.0 Å². The Morgan fingerprint density at radius 1 is 1.44 bits per heavy atom. The zero-order valence-electron chi connectivity index (χ0n) is 18.2. The summed E-state index contributed by atoms with van der Waals surface area (Å²) >= 11 is 7.72. The minimum atomic E-state index is -1.05. The van der Waals surface area contributed by atoms with Crippen molar-refractivity contribution in [3.8, 4) is 0 Å². The van der Waals surface area contributed by atoms with E-state index in [-0.39, 0.29) is 36.9 Å². The number of esters is 1. The maximum absolute atomic E-state index is 13.8. The number of halogens is 2. The van der Waals surface area contributed by atoms with Crippen LogP contribution in [0, 0.1) is 5.82 Å². The number of carbonyl (C=O) groups is 2. The normalized spacial score (nSPS) is 21.1. The molecule has 4 rings (SSSR count). The Bertz CT molecular complexity index is 1140. The van der Waals surface area contributed by atoms with Gasteiger partial charge >= 0.3 is 11.9 Å². The number of ether oxygens (including phenoxy) is 2. The Hall–Kier alpha value is -2.86. The van der Waals surface area contributed by atoms with Crippen molar-refractivity contribution < 1.29 is 28.6 Å². The minimum absolute atomic E-state index is 0.118. The third-order valence-corrected chi connectivity index (χ3v) is 6.43. The molecule has 0 spiro atoms. The summed E-state index contributed by atoms with van der Waals surface area (Å²) in [5, 5.41) is 15.1. The number of nitrogens with one attached hydrogen (secondary N) is 1. The number of hydrogen-bond acceptors (Lipinski definition) is 9. The Morgan fingerprint density at radius 2 is 2.26 bits per heavy atom. The number of carboxylic acid groups (broad SMARTS) is 1. The van der Waals surface area contributed by atoms with Crippen LogP contribution in [-0.2, 0) is 19.1 Å². The van der Waals surface area contributed by atoms with Gasteiger partial charge in [0.1, 0.15) is 11.9 Å². The minimum Gasteiger partial charge on any atom is -0.479 e. The van der Waals surface area contributed by atoms with Crippen molar-refractivity contribution in [2.45, 2.75) is 19.1 Å². The average Bonchev–Trinajstić information content (AvgIpc) is 3.34. The summed E-state index contributed by atoms with van der Waals surface area (Å²) in [5.41, 5.74) is 1.13. The van der Waals surface area contributed by atoms with Crippen LogP contribution in [0.15, 0.2) is 46.0 Å². The van der Waals surface area contributed by atoms with Crippen LogP contribution in [0.2, 0.25) is 5.02 Å². The van der Waals surface area contributed by atoms with Gasteiger partial charge in [0.25, 0.3) is 0 Å². The Balaban J connectivity index is 1.79. The molecule has 180 valence electrons.